The first-order valence-electron chi connectivity index (χ1n) is 7.34. The largest absolute Gasteiger partial charge is 0.381 e. The van der Waals surface area contributed by atoms with Crippen LogP contribution >= 0.6 is 0 Å². The van der Waals surface area contributed by atoms with Gasteiger partial charge in [0.25, 0.3) is 0 Å². The Morgan fingerprint density at radius 3 is 2.42 bits per heavy atom. The number of nitrogens with one attached hydrogen (secondary N) is 1. The quantitative estimate of drug-likeness (QED) is 0.814. The van der Waals surface area contributed by atoms with E-state index in [1.54, 1.807) is 11.4 Å². The molecular weight excluding hydrogens is 264 g/mol. The van der Waals surface area contributed by atoms with E-state index in [4.69, 9.17) is 4.74 Å². The molecular formula is C13H26N2O3S. The van der Waals surface area contributed by atoms with Crippen molar-refractivity contribution in [3.05, 3.63) is 0 Å². The summed E-state index contributed by atoms with van der Waals surface area (Å²) in [5.41, 5.74) is 0. The van der Waals surface area contributed by atoms with Crippen LogP contribution in [0.25, 0.3) is 0 Å². The van der Waals surface area contributed by atoms with Gasteiger partial charge in [-0.15, -0.1) is 0 Å². The van der Waals surface area contributed by atoms with Gasteiger partial charge >= 0.3 is 0 Å². The van der Waals surface area contributed by atoms with Gasteiger partial charge in [0.05, 0.1) is 5.25 Å². The zero-order valence-electron chi connectivity index (χ0n) is 11.8. The molecule has 0 spiro atoms. The van der Waals surface area contributed by atoms with Crippen molar-refractivity contribution in [3.8, 4) is 0 Å². The fourth-order valence-electron chi connectivity index (χ4n) is 2.89. The fourth-order valence-corrected chi connectivity index (χ4v) is 4.55. The molecule has 0 aromatic carbocycles. The molecule has 0 unspecified atom stereocenters. The minimum Gasteiger partial charge on any atom is -0.381 e. The van der Waals surface area contributed by atoms with Gasteiger partial charge in [0.15, 0.2) is 0 Å². The van der Waals surface area contributed by atoms with Crippen molar-refractivity contribution in [2.24, 2.45) is 5.92 Å². The van der Waals surface area contributed by atoms with E-state index in [9.17, 15) is 8.42 Å². The Balaban J connectivity index is 1.81. The van der Waals surface area contributed by atoms with Crippen molar-refractivity contribution in [1.82, 2.24) is 9.62 Å². The topological polar surface area (TPSA) is 58.6 Å². The molecule has 2 aliphatic heterocycles. The highest BCUT2D eigenvalue weighted by Gasteiger charge is 2.31. The third kappa shape index (κ3) is 4.15. The molecule has 0 atom stereocenters. The monoisotopic (exact) mass is 290 g/mol. The van der Waals surface area contributed by atoms with Gasteiger partial charge in [-0.3, -0.25) is 0 Å². The van der Waals surface area contributed by atoms with E-state index in [1.165, 1.54) is 12.8 Å². The Morgan fingerprint density at radius 1 is 1.16 bits per heavy atom. The minimum absolute atomic E-state index is 0.237. The van der Waals surface area contributed by atoms with Gasteiger partial charge in [-0.2, -0.15) is 0 Å². The van der Waals surface area contributed by atoms with Crippen LogP contribution in [0.4, 0.5) is 0 Å². The lowest BCUT2D eigenvalue weighted by atomic mass is 9.95. The average molecular weight is 290 g/mol. The zero-order valence-corrected chi connectivity index (χ0v) is 12.6. The molecule has 112 valence electrons. The van der Waals surface area contributed by atoms with E-state index in [-0.39, 0.29) is 5.25 Å². The summed E-state index contributed by atoms with van der Waals surface area (Å²) < 4.78 is 31.6. The van der Waals surface area contributed by atoms with Crippen LogP contribution < -0.4 is 5.32 Å². The second-order valence-corrected chi connectivity index (χ2v) is 7.98. The molecule has 2 heterocycles. The van der Waals surface area contributed by atoms with Gasteiger partial charge in [0.2, 0.25) is 10.0 Å². The third-order valence-electron chi connectivity index (χ3n) is 4.33. The minimum atomic E-state index is -3.13. The third-order valence-corrected chi connectivity index (χ3v) is 6.70. The Bertz CT molecular complexity index is 360. The maximum absolute atomic E-state index is 12.4. The van der Waals surface area contributed by atoms with E-state index in [1.807, 2.05) is 0 Å². The summed E-state index contributed by atoms with van der Waals surface area (Å²) in [5, 5.41) is 3.10. The van der Waals surface area contributed by atoms with Gasteiger partial charge in [0.1, 0.15) is 0 Å². The molecule has 2 rings (SSSR count). The summed E-state index contributed by atoms with van der Waals surface area (Å²) >= 11 is 0. The first-order valence-corrected chi connectivity index (χ1v) is 8.84. The fraction of sp³-hybridized carbons (Fsp3) is 1.00. The number of piperidine rings is 1. The smallest absolute Gasteiger partial charge is 0.216 e. The molecule has 6 heteroatoms. The lowest BCUT2D eigenvalue weighted by Gasteiger charge is -2.29. The number of sulfonamides is 1. The van der Waals surface area contributed by atoms with E-state index >= 15 is 0 Å². The van der Waals surface area contributed by atoms with Crippen LogP contribution in [0.15, 0.2) is 0 Å². The summed E-state index contributed by atoms with van der Waals surface area (Å²) in [6, 6.07) is 0. The summed E-state index contributed by atoms with van der Waals surface area (Å²) in [6.07, 6.45) is 4.61. The molecule has 5 nitrogen and oxygen atoms in total. The molecule has 2 saturated heterocycles. The van der Waals surface area contributed by atoms with Crippen LogP contribution in [0.3, 0.4) is 0 Å². The van der Waals surface area contributed by atoms with Gasteiger partial charge in [-0.05, 0) is 51.1 Å². The van der Waals surface area contributed by atoms with E-state index in [2.05, 4.69) is 5.32 Å². The standard InChI is InChI=1S/C13H26N2O3S/c1-15(9-4-12-2-7-14-8-3-12)19(16,17)13-5-10-18-11-6-13/h12-14H,2-11H2,1H3. The van der Waals surface area contributed by atoms with E-state index in [0.717, 1.165) is 19.5 Å². The lowest BCUT2D eigenvalue weighted by Crippen LogP contribution is -2.40. The van der Waals surface area contributed by atoms with Crippen LogP contribution in [0.2, 0.25) is 0 Å². The maximum atomic E-state index is 12.4. The van der Waals surface area contributed by atoms with Crippen molar-refractivity contribution in [1.29, 1.82) is 0 Å². The van der Waals surface area contributed by atoms with Crippen molar-refractivity contribution < 1.29 is 13.2 Å². The van der Waals surface area contributed by atoms with Crippen LogP contribution in [-0.2, 0) is 14.8 Å². The van der Waals surface area contributed by atoms with Gasteiger partial charge in [-0.25, -0.2) is 12.7 Å². The molecule has 0 aromatic heterocycles. The Kier molecular flexibility index (Phi) is 5.62. The second-order valence-electron chi connectivity index (χ2n) is 5.66. The van der Waals surface area contributed by atoms with E-state index < -0.39 is 10.0 Å². The van der Waals surface area contributed by atoms with Crippen molar-refractivity contribution in [2.45, 2.75) is 37.4 Å². The average Bonchev–Trinajstić information content (AvgIpc) is 2.46. The lowest BCUT2D eigenvalue weighted by molar-refractivity contribution is 0.0973. The predicted molar refractivity (Wildman–Crippen MR) is 75.6 cm³/mol. The molecule has 19 heavy (non-hydrogen) atoms. The van der Waals surface area contributed by atoms with Crippen molar-refractivity contribution in [2.75, 3.05) is 39.9 Å². The van der Waals surface area contributed by atoms with E-state index in [0.29, 0.717) is 38.5 Å². The van der Waals surface area contributed by atoms with Crippen molar-refractivity contribution in [3.63, 3.8) is 0 Å². The molecule has 0 amide bonds. The number of ether oxygens (including phenoxy) is 1. The Labute approximate surface area is 116 Å². The first kappa shape index (κ1) is 15.2. The highest BCUT2D eigenvalue weighted by atomic mass is 32.2. The van der Waals surface area contributed by atoms with Gasteiger partial charge in [0, 0.05) is 26.8 Å². The van der Waals surface area contributed by atoms with Crippen LogP contribution in [0, 0.1) is 5.92 Å². The van der Waals surface area contributed by atoms with Crippen LogP contribution in [-0.4, -0.2) is 57.9 Å². The van der Waals surface area contributed by atoms with Gasteiger partial charge < -0.3 is 10.1 Å². The molecule has 0 aromatic rings. The molecule has 0 bridgehead atoms. The normalized spacial score (nSPS) is 23.9. The predicted octanol–water partition coefficient (Wildman–Crippen LogP) is 0.817. The number of rotatable bonds is 5. The molecule has 2 fully saturated rings. The van der Waals surface area contributed by atoms with Gasteiger partial charge in [-0.1, -0.05) is 0 Å². The van der Waals surface area contributed by atoms with Crippen LogP contribution in [0.5, 0.6) is 0 Å². The first-order chi connectivity index (χ1) is 9.10. The Hall–Kier alpha value is -0.170. The summed E-state index contributed by atoms with van der Waals surface area (Å²) in [5.74, 6) is 0.675. The SMILES string of the molecule is CN(CCC1CCNCC1)S(=O)(=O)C1CCOCC1. The number of hydrogen-bond acceptors (Lipinski definition) is 4. The summed E-state index contributed by atoms with van der Waals surface area (Å²) in [6.45, 7) is 3.95. The maximum Gasteiger partial charge on any atom is 0.216 e. The molecule has 0 saturated carbocycles. The summed E-state index contributed by atoms with van der Waals surface area (Å²) in [4.78, 5) is 0. The molecule has 1 N–H and O–H groups in total. The second kappa shape index (κ2) is 7.02. The highest BCUT2D eigenvalue weighted by molar-refractivity contribution is 7.89. The molecule has 0 aliphatic carbocycles. The number of hydrogen-bond donors (Lipinski definition) is 1. The zero-order chi connectivity index (χ0) is 13.7. The number of nitrogens with zero attached hydrogens (tertiary/aromatic N) is 1. The summed E-state index contributed by atoms with van der Waals surface area (Å²) in [7, 11) is -1.40. The van der Waals surface area contributed by atoms with Crippen molar-refractivity contribution >= 4 is 10.0 Å². The van der Waals surface area contributed by atoms with Crippen LogP contribution in [0.1, 0.15) is 32.1 Å². The molecule has 2 aliphatic rings. The molecule has 0 radical (unpaired) electrons. The highest BCUT2D eigenvalue weighted by Crippen LogP contribution is 2.21. The Morgan fingerprint density at radius 2 is 1.79 bits per heavy atom.